The normalized spacial score (nSPS) is 12.7. The maximum Gasteiger partial charge on any atom is 0.244 e. The summed E-state index contributed by atoms with van der Waals surface area (Å²) in [5.41, 5.74) is 1.20. The first-order chi connectivity index (χ1) is 15.6. The molecule has 0 aliphatic heterocycles. The van der Waals surface area contributed by atoms with Crippen molar-refractivity contribution in [3.8, 4) is 0 Å². The van der Waals surface area contributed by atoms with Gasteiger partial charge in [-0.15, -0.1) is 0 Å². The molecule has 10 heteroatoms. The van der Waals surface area contributed by atoms with Gasteiger partial charge in [-0.1, -0.05) is 35.3 Å². The molecule has 34 heavy (non-hydrogen) atoms. The molecule has 2 aromatic carbocycles. The highest BCUT2D eigenvalue weighted by molar-refractivity contribution is 7.92. The molecule has 0 radical (unpaired) electrons. The highest BCUT2D eigenvalue weighted by atomic mass is 35.5. The van der Waals surface area contributed by atoms with Gasteiger partial charge in [0.2, 0.25) is 21.8 Å². The lowest BCUT2D eigenvalue weighted by atomic mass is 10.1. The van der Waals surface area contributed by atoms with Crippen LogP contribution in [0.4, 0.5) is 5.69 Å². The molecule has 1 atom stereocenters. The average molecular weight is 529 g/mol. The molecule has 0 saturated heterocycles. The Morgan fingerprint density at radius 2 is 1.59 bits per heavy atom. The summed E-state index contributed by atoms with van der Waals surface area (Å²) in [5.74, 6) is -0.866. The van der Waals surface area contributed by atoms with E-state index in [1.165, 1.54) is 4.90 Å². The van der Waals surface area contributed by atoms with E-state index in [0.29, 0.717) is 21.3 Å². The first-order valence-electron chi connectivity index (χ1n) is 10.7. The van der Waals surface area contributed by atoms with E-state index in [1.807, 2.05) is 20.8 Å². The maximum absolute atomic E-state index is 13.5. The van der Waals surface area contributed by atoms with Crippen LogP contribution >= 0.6 is 23.2 Å². The summed E-state index contributed by atoms with van der Waals surface area (Å²) in [6.45, 7) is 8.50. The molecule has 0 bridgehead atoms. The van der Waals surface area contributed by atoms with Crippen molar-refractivity contribution >= 4 is 50.7 Å². The monoisotopic (exact) mass is 527 g/mol. The number of aryl methyl sites for hydroxylation is 1. The zero-order valence-electron chi connectivity index (χ0n) is 20.2. The number of sulfonamides is 1. The third-order valence-corrected chi connectivity index (χ3v) is 6.65. The summed E-state index contributed by atoms with van der Waals surface area (Å²) in [6.07, 6.45) is 1.04. The van der Waals surface area contributed by atoms with Crippen molar-refractivity contribution in [2.24, 2.45) is 0 Å². The second kappa shape index (κ2) is 11.0. The number of anilines is 1. The van der Waals surface area contributed by atoms with Crippen molar-refractivity contribution in [2.45, 2.75) is 52.7 Å². The van der Waals surface area contributed by atoms with E-state index in [9.17, 15) is 18.0 Å². The predicted molar refractivity (Wildman–Crippen MR) is 138 cm³/mol. The van der Waals surface area contributed by atoms with E-state index in [0.717, 1.165) is 16.1 Å². The lowest BCUT2D eigenvalue weighted by Gasteiger charge is -2.33. The largest absolute Gasteiger partial charge is 0.350 e. The summed E-state index contributed by atoms with van der Waals surface area (Å²) >= 11 is 12.0. The van der Waals surface area contributed by atoms with Crippen molar-refractivity contribution in [2.75, 3.05) is 17.1 Å². The van der Waals surface area contributed by atoms with Crippen LogP contribution in [-0.2, 0) is 26.2 Å². The van der Waals surface area contributed by atoms with Crippen LogP contribution < -0.4 is 9.62 Å². The third-order valence-electron chi connectivity index (χ3n) is 5.04. The van der Waals surface area contributed by atoms with Gasteiger partial charge in [0.25, 0.3) is 0 Å². The molecule has 0 unspecified atom stereocenters. The van der Waals surface area contributed by atoms with E-state index in [1.54, 1.807) is 56.3 Å². The van der Waals surface area contributed by atoms with E-state index in [2.05, 4.69) is 5.32 Å². The van der Waals surface area contributed by atoms with Crippen LogP contribution in [0.5, 0.6) is 0 Å². The molecule has 0 heterocycles. The molecule has 7 nitrogen and oxygen atoms in total. The van der Waals surface area contributed by atoms with Crippen LogP contribution in [-0.4, -0.2) is 49.5 Å². The standard InChI is InChI=1S/C24H31Cl2N3O4S/c1-16-13-20(26)11-12-21(16)29(34(6,32)33)15-22(30)28(14-18-7-9-19(25)10-8-18)17(2)23(31)27-24(3,4)5/h7-13,17H,14-15H2,1-6H3,(H,27,31)/t17-/m1/s1. The fraction of sp³-hybridized carbons (Fsp3) is 0.417. The summed E-state index contributed by atoms with van der Waals surface area (Å²) < 4.78 is 26.3. The quantitative estimate of drug-likeness (QED) is 0.551. The number of amides is 2. The van der Waals surface area contributed by atoms with Gasteiger partial charge in [0.05, 0.1) is 11.9 Å². The molecule has 0 saturated carbocycles. The highest BCUT2D eigenvalue weighted by Crippen LogP contribution is 2.26. The third kappa shape index (κ3) is 7.89. The molecule has 0 aliphatic rings. The number of benzene rings is 2. The van der Waals surface area contributed by atoms with Gasteiger partial charge in [0, 0.05) is 22.1 Å². The molecule has 2 amide bonds. The summed E-state index contributed by atoms with van der Waals surface area (Å²) in [4.78, 5) is 27.8. The van der Waals surface area contributed by atoms with E-state index < -0.39 is 34.1 Å². The molecular weight excluding hydrogens is 497 g/mol. The fourth-order valence-corrected chi connectivity index (χ4v) is 4.60. The van der Waals surface area contributed by atoms with Crippen molar-refractivity contribution in [3.63, 3.8) is 0 Å². The van der Waals surface area contributed by atoms with Gasteiger partial charge in [-0.2, -0.15) is 0 Å². The summed E-state index contributed by atoms with van der Waals surface area (Å²) in [7, 11) is -3.81. The number of hydrogen-bond donors (Lipinski definition) is 1. The lowest BCUT2D eigenvalue weighted by molar-refractivity contribution is -0.140. The van der Waals surface area contributed by atoms with E-state index >= 15 is 0 Å². The van der Waals surface area contributed by atoms with Crippen LogP contribution in [0.15, 0.2) is 42.5 Å². The zero-order chi connectivity index (χ0) is 25.8. The van der Waals surface area contributed by atoms with Crippen LogP contribution in [0, 0.1) is 6.92 Å². The number of halogens is 2. The fourth-order valence-electron chi connectivity index (χ4n) is 3.34. The smallest absolute Gasteiger partial charge is 0.244 e. The molecule has 0 aliphatic carbocycles. The molecule has 2 rings (SSSR count). The molecule has 0 fully saturated rings. The Morgan fingerprint density at radius 1 is 1.03 bits per heavy atom. The second-order valence-electron chi connectivity index (χ2n) is 9.26. The van der Waals surface area contributed by atoms with Crippen LogP contribution in [0.25, 0.3) is 0 Å². The molecule has 186 valence electrons. The number of carbonyl (C=O) groups excluding carboxylic acids is 2. The lowest BCUT2D eigenvalue weighted by Crippen LogP contribution is -2.54. The Bertz CT molecular complexity index is 1150. The summed E-state index contributed by atoms with van der Waals surface area (Å²) in [5, 5.41) is 3.88. The number of carbonyl (C=O) groups is 2. The van der Waals surface area contributed by atoms with Gasteiger partial charge in [-0.25, -0.2) is 8.42 Å². The second-order valence-corrected chi connectivity index (χ2v) is 12.0. The minimum Gasteiger partial charge on any atom is -0.350 e. The van der Waals surface area contributed by atoms with Gasteiger partial charge in [0.15, 0.2) is 0 Å². The average Bonchev–Trinajstić information content (AvgIpc) is 2.69. The predicted octanol–water partition coefficient (Wildman–Crippen LogP) is 4.40. The number of rotatable bonds is 8. The first kappa shape index (κ1) is 28.0. The minimum atomic E-state index is -3.81. The Labute approximate surface area is 212 Å². The van der Waals surface area contributed by atoms with Gasteiger partial charge in [-0.05, 0) is 76.1 Å². The number of hydrogen-bond acceptors (Lipinski definition) is 4. The number of nitrogens with zero attached hydrogens (tertiary/aromatic N) is 2. The van der Waals surface area contributed by atoms with Gasteiger partial charge in [-0.3, -0.25) is 13.9 Å². The Morgan fingerprint density at radius 3 is 2.09 bits per heavy atom. The van der Waals surface area contributed by atoms with Gasteiger partial charge >= 0.3 is 0 Å². The van der Waals surface area contributed by atoms with Crippen molar-refractivity contribution < 1.29 is 18.0 Å². The zero-order valence-corrected chi connectivity index (χ0v) is 22.6. The highest BCUT2D eigenvalue weighted by Gasteiger charge is 2.31. The van der Waals surface area contributed by atoms with E-state index in [4.69, 9.17) is 23.2 Å². The maximum atomic E-state index is 13.5. The Balaban J connectivity index is 2.43. The molecule has 2 aromatic rings. The van der Waals surface area contributed by atoms with Crippen LogP contribution in [0.2, 0.25) is 10.0 Å². The Kier molecular flexibility index (Phi) is 9.02. The van der Waals surface area contributed by atoms with Crippen molar-refractivity contribution in [1.82, 2.24) is 10.2 Å². The Hall–Kier alpha value is -2.29. The topological polar surface area (TPSA) is 86.8 Å². The van der Waals surface area contributed by atoms with Crippen LogP contribution in [0.1, 0.15) is 38.8 Å². The molecule has 0 spiro atoms. The SMILES string of the molecule is Cc1cc(Cl)ccc1N(CC(=O)N(Cc1ccc(Cl)cc1)[C@H](C)C(=O)NC(C)(C)C)S(C)(=O)=O. The summed E-state index contributed by atoms with van der Waals surface area (Å²) in [6, 6.07) is 10.8. The van der Waals surface area contributed by atoms with Gasteiger partial charge in [0.1, 0.15) is 12.6 Å². The van der Waals surface area contributed by atoms with Crippen molar-refractivity contribution in [3.05, 3.63) is 63.6 Å². The van der Waals surface area contributed by atoms with Crippen molar-refractivity contribution in [1.29, 1.82) is 0 Å². The van der Waals surface area contributed by atoms with Gasteiger partial charge < -0.3 is 10.2 Å². The van der Waals surface area contributed by atoms with Crippen LogP contribution in [0.3, 0.4) is 0 Å². The molecule has 0 aromatic heterocycles. The molecule has 1 N–H and O–H groups in total. The molecular formula is C24H31Cl2N3O4S. The van der Waals surface area contributed by atoms with E-state index in [-0.39, 0.29) is 12.5 Å². The first-order valence-corrected chi connectivity index (χ1v) is 13.3. The minimum absolute atomic E-state index is 0.103. The number of nitrogens with one attached hydrogen (secondary N) is 1.